The van der Waals surface area contributed by atoms with Crippen molar-refractivity contribution in [1.29, 1.82) is 0 Å². The summed E-state index contributed by atoms with van der Waals surface area (Å²) in [5.74, 6) is -0.546. The average molecular weight is 242 g/mol. The zero-order valence-electron chi connectivity index (χ0n) is 9.44. The van der Waals surface area contributed by atoms with Crippen molar-refractivity contribution in [2.75, 3.05) is 0 Å². The van der Waals surface area contributed by atoms with E-state index in [1.54, 1.807) is 6.07 Å². The van der Waals surface area contributed by atoms with Crippen LogP contribution in [0.5, 0.6) is 0 Å². The summed E-state index contributed by atoms with van der Waals surface area (Å²) in [4.78, 5) is 0. The van der Waals surface area contributed by atoms with Crippen molar-refractivity contribution in [3.8, 4) is 0 Å². The van der Waals surface area contributed by atoms with Crippen LogP contribution in [-0.4, -0.2) is 22.0 Å². The maximum Gasteiger partial charge on any atom is 0.129 e. The van der Waals surface area contributed by atoms with Gasteiger partial charge in [-0.05, 0) is 31.7 Å². The van der Waals surface area contributed by atoms with Gasteiger partial charge in [0.05, 0.1) is 5.60 Å². The Morgan fingerprint density at radius 3 is 2.41 bits per heavy atom. The third-order valence-corrected chi connectivity index (χ3v) is 3.49. The second-order valence-electron chi connectivity index (χ2n) is 4.70. The third kappa shape index (κ3) is 2.48. The van der Waals surface area contributed by atoms with Crippen LogP contribution < -0.4 is 0 Å². The summed E-state index contributed by atoms with van der Waals surface area (Å²) in [5, 5.41) is 20.3. The highest BCUT2D eigenvalue weighted by Gasteiger charge is 2.41. The molecule has 2 nitrogen and oxygen atoms in total. The maximum absolute atomic E-state index is 13.5. The van der Waals surface area contributed by atoms with E-state index in [0.29, 0.717) is 0 Å². The van der Waals surface area contributed by atoms with Crippen LogP contribution >= 0.6 is 0 Å². The van der Waals surface area contributed by atoms with Crippen molar-refractivity contribution in [2.45, 2.75) is 43.6 Å². The lowest BCUT2D eigenvalue weighted by molar-refractivity contribution is -0.109. The molecule has 1 unspecified atom stereocenters. The Kier molecular flexibility index (Phi) is 3.45. The molecule has 2 rings (SSSR count). The fourth-order valence-electron chi connectivity index (χ4n) is 2.34. The van der Waals surface area contributed by atoms with Gasteiger partial charge in [-0.3, -0.25) is 0 Å². The first-order valence-corrected chi connectivity index (χ1v) is 5.82. The maximum atomic E-state index is 13.5. The van der Waals surface area contributed by atoms with E-state index in [-0.39, 0.29) is 31.2 Å². The van der Waals surface area contributed by atoms with Gasteiger partial charge < -0.3 is 10.2 Å². The van der Waals surface area contributed by atoms with E-state index in [0.717, 1.165) is 0 Å². The molecule has 17 heavy (non-hydrogen) atoms. The molecular formula is C13H16F2O2. The predicted molar refractivity (Wildman–Crippen MR) is 59.7 cm³/mol. The van der Waals surface area contributed by atoms with Crippen molar-refractivity contribution < 1.29 is 19.0 Å². The number of halogens is 2. The molecule has 0 aliphatic heterocycles. The van der Waals surface area contributed by atoms with Gasteiger partial charge >= 0.3 is 0 Å². The van der Waals surface area contributed by atoms with Crippen LogP contribution in [0.25, 0.3) is 0 Å². The lowest BCUT2D eigenvalue weighted by Gasteiger charge is -2.37. The summed E-state index contributed by atoms with van der Waals surface area (Å²) in [7, 11) is 0. The molecular weight excluding hydrogens is 226 g/mol. The first kappa shape index (κ1) is 12.5. The average Bonchev–Trinajstić information content (AvgIpc) is 2.33. The van der Waals surface area contributed by atoms with Crippen molar-refractivity contribution in [1.82, 2.24) is 0 Å². The lowest BCUT2D eigenvalue weighted by atomic mass is 9.78. The van der Waals surface area contributed by atoms with Gasteiger partial charge in [0.2, 0.25) is 0 Å². The Morgan fingerprint density at radius 1 is 1.24 bits per heavy atom. The molecule has 0 radical (unpaired) electrons. The Bertz CT molecular complexity index is 387. The molecule has 1 aromatic carbocycles. The minimum absolute atomic E-state index is 0.0762. The molecule has 0 bridgehead atoms. The summed E-state index contributed by atoms with van der Waals surface area (Å²) < 4.78 is 26.5. The summed E-state index contributed by atoms with van der Waals surface area (Å²) in [6.07, 6.45) is -1.49. The zero-order chi connectivity index (χ0) is 12.5. The van der Waals surface area contributed by atoms with Crippen molar-refractivity contribution in [3.05, 3.63) is 35.6 Å². The standard InChI is InChI=1S/C13H16F2O2/c14-9-5-7-13(17,8-6-9)12(16)10-3-1-2-4-11(10)15/h1-4,9,12,16-17H,5-8H2. The van der Waals surface area contributed by atoms with Crippen LogP contribution in [0.3, 0.4) is 0 Å². The number of hydrogen-bond acceptors (Lipinski definition) is 2. The number of benzene rings is 1. The molecule has 1 aromatic rings. The summed E-state index contributed by atoms with van der Waals surface area (Å²) in [6, 6.07) is 5.81. The summed E-state index contributed by atoms with van der Waals surface area (Å²) in [6.45, 7) is 0. The molecule has 1 saturated carbocycles. The Balaban J connectivity index is 2.20. The number of hydrogen-bond donors (Lipinski definition) is 2. The molecule has 0 spiro atoms. The molecule has 2 N–H and O–H groups in total. The quantitative estimate of drug-likeness (QED) is 0.836. The predicted octanol–water partition coefficient (Wildman–Crippen LogP) is 2.50. The number of alkyl halides is 1. The molecule has 1 aliphatic carbocycles. The molecule has 0 amide bonds. The van der Waals surface area contributed by atoms with Gasteiger partial charge in [0.1, 0.15) is 18.1 Å². The van der Waals surface area contributed by atoms with E-state index in [1.807, 2.05) is 0 Å². The lowest BCUT2D eigenvalue weighted by Crippen LogP contribution is -2.41. The van der Waals surface area contributed by atoms with Gasteiger partial charge in [0, 0.05) is 5.56 Å². The van der Waals surface area contributed by atoms with Gasteiger partial charge in [-0.15, -0.1) is 0 Å². The molecule has 1 aliphatic rings. The molecule has 0 aromatic heterocycles. The normalized spacial score (nSPS) is 31.2. The van der Waals surface area contributed by atoms with Crippen LogP contribution in [0.2, 0.25) is 0 Å². The molecule has 1 atom stereocenters. The first-order valence-electron chi connectivity index (χ1n) is 5.82. The number of aliphatic hydroxyl groups is 2. The van der Waals surface area contributed by atoms with Crippen LogP contribution in [0.15, 0.2) is 24.3 Å². The van der Waals surface area contributed by atoms with E-state index in [4.69, 9.17) is 0 Å². The van der Waals surface area contributed by atoms with Crippen molar-refractivity contribution in [3.63, 3.8) is 0 Å². The molecule has 1 fully saturated rings. The highest BCUT2D eigenvalue weighted by molar-refractivity contribution is 5.22. The first-order chi connectivity index (χ1) is 8.03. The topological polar surface area (TPSA) is 40.5 Å². The van der Waals surface area contributed by atoms with Crippen molar-refractivity contribution >= 4 is 0 Å². The van der Waals surface area contributed by atoms with E-state index in [9.17, 15) is 19.0 Å². The fourth-order valence-corrected chi connectivity index (χ4v) is 2.34. The number of aliphatic hydroxyl groups excluding tert-OH is 1. The monoisotopic (exact) mass is 242 g/mol. The van der Waals surface area contributed by atoms with Gasteiger partial charge in [-0.25, -0.2) is 8.78 Å². The van der Waals surface area contributed by atoms with Gasteiger partial charge in [-0.1, -0.05) is 18.2 Å². The van der Waals surface area contributed by atoms with E-state index < -0.39 is 23.7 Å². The molecule has 4 heteroatoms. The van der Waals surface area contributed by atoms with Crippen LogP contribution in [0.4, 0.5) is 8.78 Å². The van der Waals surface area contributed by atoms with Gasteiger partial charge in [-0.2, -0.15) is 0 Å². The van der Waals surface area contributed by atoms with Gasteiger partial charge in [0.15, 0.2) is 0 Å². The second kappa shape index (κ2) is 4.70. The summed E-state index contributed by atoms with van der Waals surface area (Å²) in [5.41, 5.74) is -1.34. The second-order valence-corrected chi connectivity index (χ2v) is 4.70. The van der Waals surface area contributed by atoms with E-state index in [1.165, 1.54) is 18.2 Å². The minimum atomic E-state index is -1.41. The van der Waals surface area contributed by atoms with E-state index in [2.05, 4.69) is 0 Å². The highest BCUT2D eigenvalue weighted by Crippen LogP contribution is 2.39. The Labute approximate surface area is 98.9 Å². The van der Waals surface area contributed by atoms with Crippen molar-refractivity contribution in [2.24, 2.45) is 0 Å². The highest BCUT2D eigenvalue weighted by atomic mass is 19.1. The minimum Gasteiger partial charge on any atom is -0.387 e. The Morgan fingerprint density at radius 2 is 1.82 bits per heavy atom. The van der Waals surface area contributed by atoms with Crippen LogP contribution in [-0.2, 0) is 0 Å². The van der Waals surface area contributed by atoms with E-state index >= 15 is 0 Å². The number of rotatable bonds is 2. The molecule has 94 valence electrons. The zero-order valence-corrected chi connectivity index (χ0v) is 9.44. The fraction of sp³-hybridized carbons (Fsp3) is 0.538. The largest absolute Gasteiger partial charge is 0.387 e. The third-order valence-electron chi connectivity index (χ3n) is 3.49. The van der Waals surface area contributed by atoms with Gasteiger partial charge in [0.25, 0.3) is 0 Å². The Hall–Kier alpha value is -1.00. The SMILES string of the molecule is OC(c1ccccc1F)C1(O)CCC(F)CC1. The smallest absolute Gasteiger partial charge is 0.129 e. The van der Waals surface area contributed by atoms with Crippen LogP contribution in [0, 0.1) is 5.82 Å². The molecule has 0 heterocycles. The van der Waals surface area contributed by atoms with Crippen LogP contribution in [0.1, 0.15) is 37.4 Å². The summed E-state index contributed by atoms with van der Waals surface area (Å²) >= 11 is 0. The molecule has 0 saturated heterocycles.